The van der Waals surface area contributed by atoms with Crippen LogP contribution in [0.4, 0.5) is 13.2 Å². The third kappa shape index (κ3) is 4.34. The highest BCUT2D eigenvalue weighted by molar-refractivity contribution is 6.12. The normalized spacial score (nSPS) is 15.2. The van der Waals surface area contributed by atoms with Crippen molar-refractivity contribution in [1.82, 2.24) is 4.90 Å². The van der Waals surface area contributed by atoms with E-state index in [1.54, 1.807) is 18.2 Å². The molecule has 0 radical (unpaired) electrons. The Morgan fingerprint density at radius 3 is 2.06 bits per heavy atom. The van der Waals surface area contributed by atoms with Crippen molar-refractivity contribution in [3.8, 4) is 23.0 Å². The van der Waals surface area contributed by atoms with Crippen LogP contribution in [0.1, 0.15) is 38.1 Å². The molecule has 1 heterocycles. The SMILES string of the molecule is COc1cc(C(=O)N2C(=O)c3ccccc3OC2c2ccc(C(F)(F)F)cc2)cc(OC)c1OC. The number of imide groups is 1. The van der Waals surface area contributed by atoms with Crippen LogP contribution >= 0.6 is 0 Å². The van der Waals surface area contributed by atoms with Gasteiger partial charge >= 0.3 is 6.18 Å². The molecule has 4 rings (SSSR count). The van der Waals surface area contributed by atoms with Crippen LogP contribution < -0.4 is 18.9 Å². The van der Waals surface area contributed by atoms with Gasteiger partial charge in [-0.2, -0.15) is 13.2 Å². The highest BCUT2D eigenvalue weighted by atomic mass is 19.4. The van der Waals surface area contributed by atoms with Gasteiger partial charge in [-0.1, -0.05) is 24.3 Å². The van der Waals surface area contributed by atoms with Crippen LogP contribution in [0.2, 0.25) is 0 Å². The van der Waals surface area contributed by atoms with Crippen LogP contribution in [0.15, 0.2) is 60.7 Å². The lowest BCUT2D eigenvalue weighted by Crippen LogP contribution is -2.45. The van der Waals surface area contributed by atoms with Gasteiger partial charge in [0.2, 0.25) is 12.0 Å². The van der Waals surface area contributed by atoms with Crippen molar-refractivity contribution in [2.45, 2.75) is 12.4 Å². The Balaban J connectivity index is 1.82. The number of ether oxygens (including phenoxy) is 4. The number of carbonyl (C=O) groups is 2. The molecule has 2 amide bonds. The molecule has 0 spiro atoms. The van der Waals surface area contributed by atoms with Gasteiger partial charge in [-0.05, 0) is 36.4 Å². The molecule has 0 N–H and O–H groups in total. The van der Waals surface area contributed by atoms with E-state index >= 15 is 0 Å². The molecule has 0 aromatic heterocycles. The largest absolute Gasteiger partial charge is 0.493 e. The standard InChI is InChI=1S/C25H20F3NO6/c1-32-19-12-15(13-20(33-2)21(19)34-3)22(30)29-23(31)17-6-4-5-7-18(17)35-24(29)14-8-10-16(11-9-14)25(26,27)28/h4-13,24H,1-3H3. The molecule has 0 bridgehead atoms. The molecule has 35 heavy (non-hydrogen) atoms. The Morgan fingerprint density at radius 1 is 0.914 bits per heavy atom. The van der Waals surface area contributed by atoms with Crippen molar-refractivity contribution in [2.24, 2.45) is 0 Å². The van der Waals surface area contributed by atoms with Gasteiger partial charge in [-0.15, -0.1) is 0 Å². The molecular formula is C25H20F3NO6. The van der Waals surface area contributed by atoms with E-state index in [0.717, 1.165) is 17.0 Å². The summed E-state index contributed by atoms with van der Waals surface area (Å²) >= 11 is 0. The summed E-state index contributed by atoms with van der Waals surface area (Å²) in [6.45, 7) is 0. The van der Waals surface area contributed by atoms with E-state index in [1.807, 2.05) is 0 Å². The fraction of sp³-hybridized carbons (Fsp3) is 0.200. The van der Waals surface area contributed by atoms with Gasteiger partial charge in [0.15, 0.2) is 11.5 Å². The average Bonchev–Trinajstić information content (AvgIpc) is 2.86. The zero-order valence-corrected chi connectivity index (χ0v) is 18.9. The Bertz CT molecular complexity index is 1250. The Kier molecular flexibility index (Phi) is 6.29. The van der Waals surface area contributed by atoms with E-state index in [2.05, 4.69) is 0 Å². The first-order chi connectivity index (χ1) is 16.7. The zero-order chi connectivity index (χ0) is 25.3. The van der Waals surface area contributed by atoms with Crippen LogP contribution in [0, 0.1) is 0 Å². The van der Waals surface area contributed by atoms with Gasteiger partial charge < -0.3 is 18.9 Å². The lowest BCUT2D eigenvalue weighted by atomic mass is 10.0. The predicted molar refractivity (Wildman–Crippen MR) is 118 cm³/mol. The van der Waals surface area contributed by atoms with E-state index in [0.29, 0.717) is 0 Å². The van der Waals surface area contributed by atoms with Gasteiger partial charge in [0, 0.05) is 11.1 Å². The first-order valence-electron chi connectivity index (χ1n) is 10.3. The smallest absolute Gasteiger partial charge is 0.416 e. The van der Waals surface area contributed by atoms with Crippen molar-refractivity contribution in [1.29, 1.82) is 0 Å². The van der Waals surface area contributed by atoms with Crippen LogP contribution in [-0.4, -0.2) is 38.0 Å². The minimum atomic E-state index is -4.54. The fourth-order valence-corrected chi connectivity index (χ4v) is 3.75. The first-order valence-corrected chi connectivity index (χ1v) is 10.3. The number of hydrogen-bond acceptors (Lipinski definition) is 6. The van der Waals surface area contributed by atoms with Gasteiger partial charge in [0.05, 0.1) is 32.5 Å². The van der Waals surface area contributed by atoms with Crippen molar-refractivity contribution in [3.63, 3.8) is 0 Å². The van der Waals surface area contributed by atoms with Gasteiger partial charge in [0.25, 0.3) is 11.8 Å². The summed E-state index contributed by atoms with van der Waals surface area (Å²) in [5, 5.41) is 0. The number of amides is 2. The molecule has 182 valence electrons. The van der Waals surface area contributed by atoms with Crippen molar-refractivity contribution in [3.05, 3.63) is 82.9 Å². The molecule has 0 saturated carbocycles. The number of alkyl halides is 3. The molecule has 7 nitrogen and oxygen atoms in total. The van der Waals surface area contributed by atoms with E-state index in [1.165, 1.54) is 51.7 Å². The zero-order valence-electron chi connectivity index (χ0n) is 18.9. The number of methoxy groups -OCH3 is 3. The number of carbonyl (C=O) groups excluding carboxylic acids is 2. The number of halogens is 3. The molecule has 0 fully saturated rings. The van der Waals surface area contributed by atoms with E-state index in [-0.39, 0.29) is 39.7 Å². The average molecular weight is 487 g/mol. The topological polar surface area (TPSA) is 74.3 Å². The molecule has 1 aliphatic heterocycles. The monoisotopic (exact) mass is 487 g/mol. The number of para-hydroxylation sites is 1. The summed E-state index contributed by atoms with van der Waals surface area (Å²) in [5.74, 6) is -0.614. The highest BCUT2D eigenvalue weighted by Gasteiger charge is 2.40. The number of fused-ring (bicyclic) bond motifs is 1. The second-order valence-corrected chi connectivity index (χ2v) is 7.48. The molecule has 10 heteroatoms. The molecule has 1 atom stereocenters. The number of nitrogens with zero attached hydrogens (tertiary/aromatic N) is 1. The minimum absolute atomic E-state index is 0.0211. The summed E-state index contributed by atoms with van der Waals surface area (Å²) in [6, 6.07) is 13.1. The third-order valence-corrected chi connectivity index (χ3v) is 5.46. The quantitative estimate of drug-likeness (QED) is 0.466. The van der Waals surface area contributed by atoms with Gasteiger partial charge in [0.1, 0.15) is 5.75 Å². The van der Waals surface area contributed by atoms with Gasteiger partial charge in [-0.3, -0.25) is 9.59 Å². The molecule has 0 saturated heterocycles. The molecule has 3 aromatic rings. The number of hydrogen-bond donors (Lipinski definition) is 0. The summed E-state index contributed by atoms with van der Waals surface area (Å²) in [4.78, 5) is 27.9. The summed E-state index contributed by atoms with van der Waals surface area (Å²) in [6.07, 6.45) is -5.86. The maximum absolute atomic E-state index is 13.7. The second-order valence-electron chi connectivity index (χ2n) is 7.48. The lowest BCUT2D eigenvalue weighted by molar-refractivity contribution is -0.137. The lowest BCUT2D eigenvalue weighted by Gasteiger charge is -2.35. The van der Waals surface area contributed by atoms with Crippen molar-refractivity contribution >= 4 is 11.8 Å². The fourth-order valence-electron chi connectivity index (χ4n) is 3.75. The first kappa shape index (κ1) is 23.9. The predicted octanol–water partition coefficient (Wildman–Crippen LogP) is 5.11. The van der Waals surface area contributed by atoms with Crippen molar-refractivity contribution in [2.75, 3.05) is 21.3 Å². The maximum atomic E-state index is 13.7. The molecule has 1 aliphatic rings. The molecule has 1 unspecified atom stereocenters. The maximum Gasteiger partial charge on any atom is 0.416 e. The summed E-state index contributed by atoms with van der Waals surface area (Å²) in [7, 11) is 4.16. The highest BCUT2D eigenvalue weighted by Crippen LogP contribution is 2.41. The van der Waals surface area contributed by atoms with E-state index < -0.39 is 29.8 Å². The van der Waals surface area contributed by atoms with E-state index in [9.17, 15) is 22.8 Å². The van der Waals surface area contributed by atoms with Crippen LogP contribution in [-0.2, 0) is 6.18 Å². The van der Waals surface area contributed by atoms with Gasteiger partial charge in [-0.25, -0.2) is 4.90 Å². The molecular weight excluding hydrogens is 467 g/mol. The summed E-state index contributed by atoms with van der Waals surface area (Å²) < 4.78 is 61.0. The van der Waals surface area contributed by atoms with Crippen LogP contribution in [0.5, 0.6) is 23.0 Å². The Hall–Kier alpha value is -4.21. The third-order valence-electron chi connectivity index (χ3n) is 5.46. The minimum Gasteiger partial charge on any atom is -0.493 e. The molecule has 3 aromatic carbocycles. The Morgan fingerprint density at radius 2 is 1.51 bits per heavy atom. The van der Waals surface area contributed by atoms with Crippen LogP contribution in [0.3, 0.4) is 0 Å². The molecule has 0 aliphatic carbocycles. The number of benzene rings is 3. The second kappa shape index (κ2) is 9.21. The van der Waals surface area contributed by atoms with Crippen molar-refractivity contribution < 1.29 is 41.7 Å². The number of rotatable bonds is 5. The van der Waals surface area contributed by atoms with E-state index in [4.69, 9.17) is 18.9 Å². The summed E-state index contributed by atoms with van der Waals surface area (Å²) in [5.41, 5.74) is -0.530. The Labute approximate surface area is 198 Å². The van der Waals surface area contributed by atoms with Crippen LogP contribution in [0.25, 0.3) is 0 Å².